The zero-order valence-electron chi connectivity index (χ0n) is 19.3. The fourth-order valence-corrected chi connectivity index (χ4v) is 4.78. The summed E-state index contributed by atoms with van der Waals surface area (Å²) in [5.74, 6) is -2.12. The van der Waals surface area contributed by atoms with Crippen LogP contribution in [0.4, 0.5) is 5.13 Å². The molecule has 180 valence electrons. The second-order valence-corrected chi connectivity index (χ2v) is 8.71. The predicted molar refractivity (Wildman–Crippen MR) is 129 cm³/mol. The molecule has 35 heavy (non-hydrogen) atoms. The minimum atomic E-state index is -0.978. The number of nitrogens with zero attached hydrogens (tertiary/aromatic N) is 3. The van der Waals surface area contributed by atoms with Gasteiger partial charge < -0.3 is 14.6 Å². The molecule has 1 fully saturated rings. The first kappa shape index (κ1) is 24.1. The van der Waals surface area contributed by atoms with Crippen molar-refractivity contribution in [2.24, 2.45) is 0 Å². The third-order valence-corrected chi connectivity index (χ3v) is 6.55. The number of pyridine rings is 1. The SMILES string of the molecule is CCCOc1cccc(C(O)=C2C(=O)C(=O)N(c3nc(C)c(C(=O)OC)s3)C2c2ccncc2)c1. The first-order valence-corrected chi connectivity index (χ1v) is 11.7. The zero-order chi connectivity index (χ0) is 25.1. The van der Waals surface area contributed by atoms with Gasteiger partial charge in [0.2, 0.25) is 0 Å². The number of aromatic nitrogens is 2. The van der Waals surface area contributed by atoms with Gasteiger partial charge in [-0.2, -0.15) is 0 Å². The second kappa shape index (κ2) is 10.1. The molecule has 1 atom stereocenters. The average Bonchev–Trinajstić information content (AvgIpc) is 3.39. The summed E-state index contributed by atoms with van der Waals surface area (Å²) in [6.07, 6.45) is 3.87. The Bertz CT molecular complexity index is 1320. The summed E-state index contributed by atoms with van der Waals surface area (Å²) >= 11 is 0.942. The lowest BCUT2D eigenvalue weighted by Crippen LogP contribution is -2.29. The van der Waals surface area contributed by atoms with Crippen LogP contribution in [0.1, 0.15) is 45.9 Å². The average molecular weight is 494 g/mol. The van der Waals surface area contributed by atoms with Gasteiger partial charge in [0.05, 0.1) is 31.0 Å². The Morgan fingerprint density at radius 1 is 1.20 bits per heavy atom. The van der Waals surface area contributed by atoms with Gasteiger partial charge in [-0.15, -0.1) is 0 Å². The van der Waals surface area contributed by atoms with Crippen LogP contribution in [0.2, 0.25) is 0 Å². The molecule has 0 radical (unpaired) electrons. The van der Waals surface area contributed by atoms with Gasteiger partial charge in [-0.1, -0.05) is 30.4 Å². The van der Waals surface area contributed by atoms with E-state index in [2.05, 4.69) is 9.97 Å². The van der Waals surface area contributed by atoms with Gasteiger partial charge in [-0.25, -0.2) is 9.78 Å². The summed E-state index contributed by atoms with van der Waals surface area (Å²) in [6.45, 7) is 4.09. The zero-order valence-corrected chi connectivity index (χ0v) is 20.2. The van der Waals surface area contributed by atoms with Crippen molar-refractivity contribution in [2.75, 3.05) is 18.6 Å². The molecule has 2 aromatic heterocycles. The Kier molecular flexibility index (Phi) is 6.92. The molecule has 1 N–H and O–H groups in total. The number of methoxy groups -OCH3 is 1. The number of hydrogen-bond donors (Lipinski definition) is 1. The van der Waals surface area contributed by atoms with Gasteiger partial charge in [0.15, 0.2) is 5.13 Å². The number of carbonyl (C=O) groups is 3. The number of ether oxygens (including phenoxy) is 2. The van der Waals surface area contributed by atoms with E-state index in [1.807, 2.05) is 6.92 Å². The van der Waals surface area contributed by atoms with Crippen molar-refractivity contribution in [1.29, 1.82) is 0 Å². The maximum atomic E-state index is 13.3. The van der Waals surface area contributed by atoms with E-state index in [4.69, 9.17) is 9.47 Å². The minimum absolute atomic E-state index is 0.0960. The van der Waals surface area contributed by atoms with Crippen LogP contribution in [-0.2, 0) is 14.3 Å². The summed E-state index contributed by atoms with van der Waals surface area (Å²) in [5.41, 5.74) is 1.15. The molecule has 1 amide bonds. The lowest BCUT2D eigenvalue weighted by Gasteiger charge is -2.22. The molecule has 0 saturated carbocycles. The van der Waals surface area contributed by atoms with Crippen molar-refractivity contribution in [2.45, 2.75) is 26.3 Å². The van der Waals surface area contributed by atoms with Crippen LogP contribution in [0.25, 0.3) is 5.76 Å². The highest BCUT2D eigenvalue weighted by molar-refractivity contribution is 7.17. The summed E-state index contributed by atoms with van der Waals surface area (Å²) in [7, 11) is 1.25. The van der Waals surface area contributed by atoms with Gasteiger partial charge in [-0.05, 0) is 43.2 Å². The van der Waals surface area contributed by atoms with E-state index in [0.29, 0.717) is 29.2 Å². The summed E-state index contributed by atoms with van der Waals surface area (Å²) < 4.78 is 10.5. The van der Waals surface area contributed by atoms with Gasteiger partial charge >= 0.3 is 11.9 Å². The molecule has 4 rings (SSSR count). The quantitative estimate of drug-likeness (QED) is 0.227. The molecule has 1 aliphatic heterocycles. The summed E-state index contributed by atoms with van der Waals surface area (Å²) in [4.78, 5) is 48.4. The minimum Gasteiger partial charge on any atom is -0.507 e. The number of anilines is 1. The van der Waals surface area contributed by atoms with Crippen LogP contribution in [0.15, 0.2) is 54.4 Å². The topological polar surface area (TPSA) is 119 Å². The first-order chi connectivity index (χ1) is 16.9. The molecule has 3 heterocycles. The fraction of sp³-hybridized carbons (Fsp3) is 0.240. The Balaban J connectivity index is 1.87. The Hall–Kier alpha value is -4.05. The van der Waals surface area contributed by atoms with E-state index in [-0.39, 0.29) is 21.3 Å². The first-order valence-electron chi connectivity index (χ1n) is 10.9. The third-order valence-electron chi connectivity index (χ3n) is 5.41. The maximum absolute atomic E-state index is 13.3. The molecule has 10 heteroatoms. The van der Waals surface area contributed by atoms with Gasteiger partial charge in [0.1, 0.15) is 16.4 Å². The molecular formula is C25H23N3O6S. The molecule has 0 aliphatic carbocycles. The van der Waals surface area contributed by atoms with Crippen LogP contribution >= 0.6 is 11.3 Å². The Morgan fingerprint density at radius 3 is 2.63 bits per heavy atom. The lowest BCUT2D eigenvalue weighted by atomic mass is 9.96. The normalized spacial score (nSPS) is 17.0. The van der Waals surface area contributed by atoms with Crippen molar-refractivity contribution in [3.05, 3.63) is 76.1 Å². The van der Waals surface area contributed by atoms with Crippen molar-refractivity contribution >= 4 is 39.9 Å². The van der Waals surface area contributed by atoms with E-state index in [0.717, 1.165) is 17.8 Å². The number of aliphatic hydroxyl groups excluding tert-OH is 1. The number of amides is 1. The largest absolute Gasteiger partial charge is 0.507 e. The smallest absolute Gasteiger partial charge is 0.350 e. The van der Waals surface area contributed by atoms with Crippen LogP contribution in [0, 0.1) is 6.92 Å². The number of carbonyl (C=O) groups excluding carboxylic acids is 3. The molecule has 1 aromatic carbocycles. The van der Waals surface area contributed by atoms with Gasteiger partial charge in [0.25, 0.3) is 5.78 Å². The standard InChI is InChI=1S/C25H23N3O6S/c1-4-12-34-17-7-5-6-16(13-17)20(29)18-19(15-8-10-26-11-9-15)28(23(31)21(18)30)25-27-14(2)22(35-25)24(32)33-3/h5-11,13,19,29H,4,12H2,1-3H3. The molecule has 0 bridgehead atoms. The number of aliphatic hydroxyl groups is 1. The van der Waals surface area contributed by atoms with E-state index in [1.54, 1.807) is 43.3 Å². The molecule has 1 saturated heterocycles. The fourth-order valence-electron chi connectivity index (χ4n) is 3.77. The Labute approximate surface area is 205 Å². The van der Waals surface area contributed by atoms with Crippen molar-refractivity contribution in [3.63, 3.8) is 0 Å². The van der Waals surface area contributed by atoms with Crippen molar-refractivity contribution < 1.29 is 29.0 Å². The number of ketones is 1. The van der Waals surface area contributed by atoms with E-state index < -0.39 is 23.7 Å². The predicted octanol–water partition coefficient (Wildman–Crippen LogP) is 4.05. The van der Waals surface area contributed by atoms with E-state index in [1.165, 1.54) is 24.4 Å². The van der Waals surface area contributed by atoms with Gasteiger partial charge in [-0.3, -0.25) is 19.5 Å². The second-order valence-electron chi connectivity index (χ2n) is 7.73. The number of hydrogen-bond acceptors (Lipinski definition) is 9. The van der Waals surface area contributed by atoms with Gasteiger partial charge in [0, 0.05) is 18.0 Å². The third kappa shape index (κ3) is 4.52. The lowest BCUT2D eigenvalue weighted by molar-refractivity contribution is -0.132. The van der Waals surface area contributed by atoms with Crippen LogP contribution in [0.3, 0.4) is 0 Å². The summed E-state index contributed by atoms with van der Waals surface area (Å²) in [5, 5.41) is 11.4. The van der Waals surface area contributed by atoms with Crippen molar-refractivity contribution in [1.82, 2.24) is 9.97 Å². The number of Topliss-reactive ketones (excluding diaryl/α,β-unsaturated/α-hetero) is 1. The monoisotopic (exact) mass is 493 g/mol. The van der Waals surface area contributed by atoms with E-state index in [9.17, 15) is 19.5 Å². The summed E-state index contributed by atoms with van der Waals surface area (Å²) in [6, 6.07) is 9.02. The van der Waals surface area contributed by atoms with Crippen molar-refractivity contribution in [3.8, 4) is 5.75 Å². The molecule has 0 spiro atoms. The molecule has 1 aliphatic rings. The molecule has 9 nitrogen and oxygen atoms in total. The maximum Gasteiger partial charge on any atom is 0.350 e. The molecular weight excluding hydrogens is 470 g/mol. The Morgan fingerprint density at radius 2 is 1.94 bits per heavy atom. The molecule has 3 aromatic rings. The highest BCUT2D eigenvalue weighted by Crippen LogP contribution is 2.44. The highest BCUT2D eigenvalue weighted by Gasteiger charge is 2.48. The van der Waals surface area contributed by atoms with Crippen LogP contribution in [-0.4, -0.2) is 46.5 Å². The number of esters is 1. The number of benzene rings is 1. The molecule has 1 unspecified atom stereocenters. The highest BCUT2D eigenvalue weighted by atomic mass is 32.1. The van der Waals surface area contributed by atoms with Crippen LogP contribution < -0.4 is 9.64 Å². The number of aryl methyl sites for hydroxylation is 1. The van der Waals surface area contributed by atoms with Crippen LogP contribution in [0.5, 0.6) is 5.75 Å². The number of thiazole rings is 1. The number of rotatable bonds is 7. The van der Waals surface area contributed by atoms with E-state index >= 15 is 0 Å².